The predicted molar refractivity (Wildman–Crippen MR) is 53.2 cm³/mol. The summed E-state index contributed by atoms with van der Waals surface area (Å²) in [6.45, 7) is 6.47. The van der Waals surface area contributed by atoms with Gasteiger partial charge >= 0.3 is 0 Å². The van der Waals surface area contributed by atoms with Crippen LogP contribution in [-0.4, -0.2) is 6.54 Å². The standard InChI is InChI=1S/C11H15N/c1-3-10(8-12)11-6-4-5-9(2)7-11/h3-7,10H,1,8,12H2,2H3. The highest BCUT2D eigenvalue weighted by Crippen LogP contribution is 2.16. The van der Waals surface area contributed by atoms with Crippen molar-refractivity contribution in [3.63, 3.8) is 0 Å². The van der Waals surface area contributed by atoms with Crippen molar-refractivity contribution in [2.75, 3.05) is 6.54 Å². The van der Waals surface area contributed by atoms with Gasteiger partial charge in [0.25, 0.3) is 0 Å². The molecule has 0 saturated carbocycles. The third kappa shape index (κ3) is 1.95. The molecule has 0 aliphatic rings. The molecule has 0 heterocycles. The van der Waals surface area contributed by atoms with Crippen molar-refractivity contribution in [3.8, 4) is 0 Å². The molecular formula is C11H15N. The van der Waals surface area contributed by atoms with E-state index in [-0.39, 0.29) is 0 Å². The van der Waals surface area contributed by atoms with Crippen LogP contribution in [0, 0.1) is 6.92 Å². The molecule has 64 valence electrons. The van der Waals surface area contributed by atoms with Gasteiger partial charge in [-0.2, -0.15) is 0 Å². The van der Waals surface area contributed by atoms with Gasteiger partial charge in [0, 0.05) is 12.5 Å². The van der Waals surface area contributed by atoms with Crippen molar-refractivity contribution in [2.45, 2.75) is 12.8 Å². The Hall–Kier alpha value is -1.08. The van der Waals surface area contributed by atoms with Gasteiger partial charge in [-0.3, -0.25) is 0 Å². The summed E-state index contributed by atoms with van der Waals surface area (Å²) in [6, 6.07) is 8.38. The van der Waals surface area contributed by atoms with Gasteiger partial charge < -0.3 is 5.73 Å². The van der Waals surface area contributed by atoms with Gasteiger partial charge in [0.05, 0.1) is 0 Å². The Morgan fingerprint density at radius 2 is 2.33 bits per heavy atom. The van der Waals surface area contributed by atoms with E-state index in [1.807, 2.05) is 6.08 Å². The minimum absolute atomic E-state index is 0.296. The van der Waals surface area contributed by atoms with Crippen molar-refractivity contribution in [3.05, 3.63) is 48.0 Å². The highest BCUT2D eigenvalue weighted by Gasteiger charge is 2.03. The topological polar surface area (TPSA) is 26.0 Å². The number of aryl methyl sites for hydroxylation is 1. The van der Waals surface area contributed by atoms with Gasteiger partial charge in [-0.1, -0.05) is 35.9 Å². The van der Waals surface area contributed by atoms with Crippen LogP contribution in [0.4, 0.5) is 0 Å². The molecule has 0 saturated heterocycles. The molecule has 0 aromatic heterocycles. The first-order chi connectivity index (χ1) is 5.77. The van der Waals surface area contributed by atoms with Gasteiger partial charge in [0.15, 0.2) is 0 Å². The van der Waals surface area contributed by atoms with Crippen molar-refractivity contribution < 1.29 is 0 Å². The first-order valence-electron chi connectivity index (χ1n) is 4.17. The zero-order valence-corrected chi connectivity index (χ0v) is 7.46. The third-order valence-corrected chi connectivity index (χ3v) is 2.01. The number of benzene rings is 1. The van der Waals surface area contributed by atoms with Gasteiger partial charge in [-0.05, 0) is 12.5 Å². The van der Waals surface area contributed by atoms with Crippen LogP contribution in [0.3, 0.4) is 0 Å². The Morgan fingerprint density at radius 1 is 1.58 bits per heavy atom. The minimum atomic E-state index is 0.296. The first kappa shape index (κ1) is 9.01. The largest absolute Gasteiger partial charge is 0.330 e. The number of nitrogens with two attached hydrogens (primary N) is 1. The van der Waals surface area contributed by atoms with Crippen molar-refractivity contribution in [1.82, 2.24) is 0 Å². The molecule has 0 spiro atoms. The average Bonchev–Trinajstić information content (AvgIpc) is 2.07. The van der Waals surface area contributed by atoms with Crippen LogP contribution in [0.25, 0.3) is 0 Å². The van der Waals surface area contributed by atoms with E-state index in [0.717, 1.165) is 0 Å². The quantitative estimate of drug-likeness (QED) is 0.676. The molecule has 1 unspecified atom stereocenters. The molecule has 0 aliphatic carbocycles. The Balaban J connectivity index is 2.93. The highest BCUT2D eigenvalue weighted by molar-refractivity contribution is 5.28. The SMILES string of the molecule is C=CC(CN)c1cccc(C)c1. The summed E-state index contributed by atoms with van der Waals surface area (Å²) in [5, 5.41) is 0. The fourth-order valence-electron chi connectivity index (χ4n) is 1.27. The summed E-state index contributed by atoms with van der Waals surface area (Å²) in [5.41, 5.74) is 8.12. The van der Waals surface area contributed by atoms with Crippen LogP contribution in [0.1, 0.15) is 17.0 Å². The normalized spacial score (nSPS) is 12.5. The predicted octanol–water partition coefficient (Wildman–Crippen LogP) is 2.22. The maximum atomic E-state index is 5.59. The molecule has 0 amide bonds. The van der Waals surface area contributed by atoms with Crippen LogP contribution in [0.5, 0.6) is 0 Å². The third-order valence-electron chi connectivity index (χ3n) is 2.01. The van der Waals surface area contributed by atoms with E-state index in [2.05, 4.69) is 37.8 Å². The van der Waals surface area contributed by atoms with Crippen LogP contribution >= 0.6 is 0 Å². The molecule has 12 heavy (non-hydrogen) atoms. The van der Waals surface area contributed by atoms with E-state index in [1.165, 1.54) is 11.1 Å². The fourth-order valence-corrected chi connectivity index (χ4v) is 1.27. The smallest absolute Gasteiger partial charge is 0.0138 e. The van der Waals surface area contributed by atoms with Crippen LogP contribution < -0.4 is 5.73 Å². The van der Waals surface area contributed by atoms with Crippen LogP contribution in [0.15, 0.2) is 36.9 Å². The minimum Gasteiger partial charge on any atom is -0.330 e. The lowest BCUT2D eigenvalue weighted by Crippen LogP contribution is -2.09. The van der Waals surface area contributed by atoms with E-state index in [0.29, 0.717) is 12.5 Å². The van der Waals surface area contributed by atoms with Crippen LogP contribution in [-0.2, 0) is 0 Å². The van der Waals surface area contributed by atoms with Gasteiger partial charge in [-0.25, -0.2) is 0 Å². The molecule has 1 nitrogen and oxygen atoms in total. The maximum absolute atomic E-state index is 5.59. The molecule has 1 aromatic rings. The second kappa shape index (κ2) is 4.07. The summed E-state index contributed by atoms with van der Waals surface area (Å²) >= 11 is 0. The fraction of sp³-hybridized carbons (Fsp3) is 0.273. The summed E-state index contributed by atoms with van der Waals surface area (Å²) < 4.78 is 0. The lowest BCUT2D eigenvalue weighted by atomic mass is 9.98. The Bertz CT molecular complexity index is 265. The molecule has 2 N–H and O–H groups in total. The van der Waals surface area contributed by atoms with Crippen molar-refractivity contribution in [1.29, 1.82) is 0 Å². The number of rotatable bonds is 3. The molecule has 1 rings (SSSR count). The Morgan fingerprint density at radius 3 is 2.83 bits per heavy atom. The monoisotopic (exact) mass is 161 g/mol. The molecule has 0 fully saturated rings. The molecule has 1 atom stereocenters. The molecule has 0 radical (unpaired) electrons. The van der Waals surface area contributed by atoms with Gasteiger partial charge in [0.1, 0.15) is 0 Å². The van der Waals surface area contributed by atoms with E-state index < -0.39 is 0 Å². The van der Waals surface area contributed by atoms with E-state index in [9.17, 15) is 0 Å². The van der Waals surface area contributed by atoms with Crippen molar-refractivity contribution >= 4 is 0 Å². The maximum Gasteiger partial charge on any atom is 0.0138 e. The summed E-state index contributed by atoms with van der Waals surface area (Å²) in [7, 11) is 0. The van der Waals surface area contributed by atoms with Gasteiger partial charge in [-0.15, -0.1) is 6.58 Å². The lowest BCUT2D eigenvalue weighted by Gasteiger charge is -2.09. The lowest BCUT2D eigenvalue weighted by molar-refractivity contribution is 0.850. The summed E-state index contributed by atoms with van der Waals surface area (Å²) in [6.07, 6.45) is 1.90. The second-order valence-corrected chi connectivity index (χ2v) is 2.99. The molecule has 0 bridgehead atoms. The Labute approximate surface area is 73.9 Å². The van der Waals surface area contributed by atoms with E-state index in [1.54, 1.807) is 0 Å². The summed E-state index contributed by atoms with van der Waals surface area (Å²) in [4.78, 5) is 0. The highest BCUT2D eigenvalue weighted by atomic mass is 14.5. The number of hydrogen-bond donors (Lipinski definition) is 1. The van der Waals surface area contributed by atoms with Crippen molar-refractivity contribution in [2.24, 2.45) is 5.73 Å². The summed E-state index contributed by atoms with van der Waals surface area (Å²) in [5.74, 6) is 0.296. The van der Waals surface area contributed by atoms with Gasteiger partial charge in [0.2, 0.25) is 0 Å². The second-order valence-electron chi connectivity index (χ2n) is 2.99. The van der Waals surface area contributed by atoms with Crippen LogP contribution in [0.2, 0.25) is 0 Å². The number of hydrogen-bond acceptors (Lipinski definition) is 1. The molecular weight excluding hydrogens is 146 g/mol. The zero-order chi connectivity index (χ0) is 8.97. The molecule has 1 aromatic carbocycles. The first-order valence-corrected chi connectivity index (χ1v) is 4.17. The Kier molecular flexibility index (Phi) is 3.06. The zero-order valence-electron chi connectivity index (χ0n) is 7.46. The van der Waals surface area contributed by atoms with E-state index in [4.69, 9.17) is 5.73 Å². The average molecular weight is 161 g/mol. The van der Waals surface area contributed by atoms with E-state index >= 15 is 0 Å². The molecule has 1 heteroatoms. The molecule has 0 aliphatic heterocycles.